The van der Waals surface area contributed by atoms with E-state index in [0.29, 0.717) is 16.6 Å². The van der Waals surface area contributed by atoms with E-state index in [1.807, 2.05) is 44.2 Å². The minimum atomic E-state index is -3.93. The molecule has 2 aromatic heterocycles. The van der Waals surface area contributed by atoms with E-state index in [0.717, 1.165) is 16.8 Å². The van der Waals surface area contributed by atoms with E-state index < -0.39 is 16.0 Å². The second-order valence-corrected chi connectivity index (χ2v) is 10.6. The van der Waals surface area contributed by atoms with Gasteiger partial charge in [-0.1, -0.05) is 53.7 Å². The fourth-order valence-electron chi connectivity index (χ4n) is 4.38. The van der Waals surface area contributed by atoms with Crippen LogP contribution in [-0.4, -0.2) is 35.2 Å². The summed E-state index contributed by atoms with van der Waals surface area (Å²) in [4.78, 5) is 22.5. The van der Waals surface area contributed by atoms with Gasteiger partial charge in [0, 0.05) is 24.0 Å². The summed E-state index contributed by atoms with van der Waals surface area (Å²) in [6.07, 6.45) is 5.76. The highest BCUT2D eigenvalue weighted by Gasteiger charge is 2.31. The number of pyridine rings is 1. The maximum atomic E-state index is 13.6. The second-order valence-electron chi connectivity index (χ2n) is 8.78. The predicted octanol–water partition coefficient (Wildman–Crippen LogP) is 4.91. The zero-order chi connectivity index (χ0) is 26.0. The molecular weight excluding hydrogens is 490 g/mol. The summed E-state index contributed by atoms with van der Waals surface area (Å²) >= 11 is 0. The third-order valence-corrected chi connectivity index (χ3v) is 7.91. The van der Waals surface area contributed by atoms with Crippen molar-refractivity contribution >= 4 is 38.8 Å². The molecule has 37 heavy (non-hydrogen) atoms. The van der Waals surface area contributed by atoms with Crippen molar-refractivity contribution in [1.82, 2.24) is 8.96 Å². The van der Waals surface area contributed by atoms with Crippen molar-refractivity contribution in [3.63, 3.8) is 0 Å². The van der Waals surface area contributed by atoms with Gasteiger partial charge in [0.25, 0.3) is 10.0 Å². The molecule has 2 atom stereocenters. The number of hydrogen-bond acceptors (Lipinski definition) is 7. The molecule has 0 saturated heterocycles. The van der Waals surface area contributed by atoms with Gasteiger partial charge in [0.15, 0.2) is 0 Å². The first kappa shape index (κ1) is 24.5. The van der Waals surface area contributed by atoms with E-state index in [2.05, 4.69) is 10.1 Å². The Morgan fingerprint density at radius 2 is 1.81 bits per heavy atom. The minimum absolute atomic E-state index is 0.137. The van der Waals surface area contributed by atoms with Gasteiger partial charge in [-0.2, -0.15) is 0 Å². The number of hydrogen-bond donors (Lipinski definition) is 0. The zero-order valence-electron chi connectivity index (χ0n) is 20.3. The van der Waals surface area contributed by atoms with E-state index in [9.17, 15) is 13.2 Å². The Balaban J connectivity index is 1.53. The van der Waals surface area contributed by atoms with Crippen LogP contribution in [0.3, 0.4) is 0 Å². The standard InChI is InChI=1S/C28H25N3O5S/c1-19-27(20(2)36-30-19)23-15-25-28(29-16-23)22(13-14-26(32)35-18-21-9-5-3-6-10-21)17-31(25)37(33,34)24-11-7-4-8-12-24/h3-17,20,27H,18H2,1-2H3. The summed E-state index contributed by atoms with van der Waals surface area (Å²) in [5.74, 6) is -0.692. The molecule has 0 saturated carbocycles. The Morgan fingerprint density at radius 1 is 1.11 bits per heavy atom. The molecule has 0 N–H and O–H groups in total. The lowest BCUT2D eigenvalue weighted by atomic mass is 9.92. The van der Waals surface area contributed by atoms with Gasteiger partial charge in [-0.3, -0.25) is 4.98 Å². The molecule has 188 valence electrons. The van der Waals surface area contributed by atoms with Crippen molar-refractivity contribution in [2.45, 2.75) is 37.4 Å². The molecule has 1 aliphatic heterocycles. The lowest BCUT2D eigenvalue weighted by Crippen LogP contribution is -2.17. The lowest BCUT2D eigenvalue weighted by Gasteiger charge is -2.14. The van der Waals surface area contributed by atoms with Crippen molar-refractivity contribution < 1.29 is 22.8 Å². The molecule has 0 amide bonds. The van der Waals surface area contributed by atoms with Crippen LogP contribution in [-0.2, 0) is 31.0 Å². The summed E-state index contributed by atoms with van der Waals surface area (Å²) in [5, 5.41) is 4.07. The first-order chi connectivity index (χ1) is 17.8. The van der Waals surface area contributed by atoms with Gasteiger partial charge >= 0.3 is 5.97 Å². The van der Waals surface area contributed by atoms with E-state index in [4.69, 9.17) is 9.57 Å². The van der Waals surface area contributed by atoms with Crippen molar-refractivity contribution in [1.29, 1.82) is 0 Å². The third kappa shape index (κ3) is 4.90. The molecule has 0 aliphatic carbocycles. The van der Waals surface area contributed by atoms with Crippen LogP contribution in [0.15, 0.2) is 95.3 Å². The Bertz CT molecular complexity index is 1610. The molecular formula is C28H25N3O5S. The Labute approximate surface area is 214 Å². The van der Waals surface area contributed by atoms with Gasteiger partial charge < -0.3 is 9.57 Å². The van der Waals surface area contributed by atoms with Crippen LogP contribution in [0.1, 0.15) is 36.5 Å². The lowest BCUT2D eigenvalue weighted by molar-refractivity contribution is -0.138. The molecule has 4 aromatic rings. The van der Waals surface area contributed by atoms with E-state index in [1.54, 1.807) is 42.6 Å². The number of rotatable bonds is 7. The number of carbonyl (C=O) groups excluding carboxylic acids is 1. The Hall–Kier alpha value is -4.24. The molecule has 0 fully saturated rings. The van der Waals surface area contributed by atoms with Crippen LogP contribution in [0.2, 0.25) is 0 Å². The van der Waals surface area contributed by atoms with Crippen molar-refractivity contribution in [3.05, 3.63) is 102 Å². The minimum Gasteiger partial charge on any atom is -0.458 e. The molecule has 0 radical (unpaired) electrons. The highest BCUT2D eigenvalue weighted by molar-refractivity contribution is 7.90. The SMILES string of the molecule is CC1=NOC(C)C1c1cnc2c(C=CC(=O)OCc3ccccc3)cn(S(=O)(=O)c3ccccc3)c2c1. The Morgan fingerprint density at radius 3 is 2.49 bits per heavy atom. The Kier molecular flexibility index (Phi) is 6.62. The maximum absolute atomic E-state index is 13.6. The fraction of sp³-hybridized carbons (Fsp3) is 0.179. The van der Waals surface area contributed by atoms with Crippen LogP contribution < -0.4 is 0 Å². The predicted molar refractivity (Wildman–Crippen MR) is 140 cm³/mol. The fourth-order valence-corrected chi connectivity index (χ4v) is 5.76. The van der Waals surface area contributed by atoms with Gasteiger partial charge in [0.05, 0.1) is 27.6 Å². The summed E-state index contributed by atoms with van der Waals surface area (Å²) in [5.41, 5.74) is 3.76. The summed E-state index contributed by atoms with van der Waals surface area (Å²) < 4.78 is 33.7. The number of fused-ring (bicyclic) bond motifs is 1. The summed E-state index contributed by atoms with van der Waals surface area (Å²) in [6, 6.07) is 19.3. The molecule has 5 rings (SSSR count). The first-order valence-electron chi connectivity index (χ1n) is 11.8. The molecule has 2 aromatic carbocycles. The third-order valence-electron chi connectivity index (χ3n) is 6.22. The summed E-state index contributed by atoms with van der Waals surface area (Å²) in [6.45, 7) is 3.91. The first-order valence-corrected chi connectivity index (χ1v) is 13.2. The molecule has 3 heterocycles. The average Bonchev–Trinajstić information content (AvgIpc) is 3.46. The number of oxime groups is 1. The van der Waals surface area contributed by atoms with Crippen LogP contribution in [0.4, 0.5) is 0 Å². The molecule has 2 unspecified atom stereocenters. The van der Waals surface area contributed by atoms with Gasteiger partial charge in [0.1, 0.15) is 12.7 Å². The van der Waals surface area contributed by atoms with E-state index in [1.165, 1.54) is 22.3 Å². The van der Waals surface area contributed by atoms with Crippen molar-refractivity contribution in [3.8, 4) is 0 Å². The number of carbonyl (C=O) groups is 1. The van der Waals surface area contributed by atoms with E-state index in [-0.39, 0.29) is 23.5 Å². The van der Waals surface area contributed by atoms with Crippen LogP contribution in [0.25, 0.3) is 17.1 Å². The van der Waals surface area contributed by atoms with Gasteiger partial charge in [-0.25, -0.2) is 17.2 Å². The van der Waals surface area contributed by atoms with Crippen LogP contribution in [0, 0.1) is 0 Å². The largest absolute Gasteiger partial charge is 0.458 e. The van der Waals surface area contributed by atoms with E-state index >= 15 is 0 Å². The van der Waals surface area contributed by atoms with Gasteiger partial charge in [-0.05, 0) is 49.2 Å². The molecule has 9 heteroatoms. The quantitative estimate of drug-likeness (QED) is 0.256. The second kappa shape index (κ2) is 10.0. The van der Waals surface area contributed by atoms with Crippen molar-refractivity contribution in [2.75, 3.05) is 0 Å². The van der Waals surface area contributed by atoms with Crippen molar-refractivity contribution in [2.24, 2.45) is 5.16 Å². The topological polar surface area (TPSA) is 99.8 Å². The van der Waals surface area contributed by atoms with Crippen LogP contribution in [0.5, 0.6) is 0 Å². The monoisotopic (exact) mass is 515 g/mol. The number of esters is 1. The normalized spacial score (nSPS) is 17.6. The number of benzene rings is 2. The highest BCUT2D eigenvalue weighted by Crippen LogP contribution is 2.33. The number of nitrogens with zero attached hydrogens (tertiary/aromatic N) is 3. The number of ether oxygens (including phenoxy) is 1. The molecule has 0 bridgehead atoms. The van der Waals surface area contributed by atoms with Gasteiger partial charge in [-0.15, -0.1) is 0 Å². The zero-order valence-corrected chi connectivity index (χ0v) is 21.1. The smallest absolute Gasteiger partial charge is 0.331 e. The average molecular weight is 516 g/mol. The molecule has 8 nitrogen and oxygen atoms in total. The van der Waals surface area contributed by atoms with Gasteiger partial charge in [0.2, 0.25) is 0 Å². The summed E-state index contributed by atoms with van der Waals surface area (Å²) in [7, 11) is -3.93. The molecule has 0 spiro atoms. The molecule has 1 aliphatic rings. The van der Waals surface area contributed by atoms with Crippen LogP contribution >= 0.6 is 0 Å². The maximum Gasteiger partial charge on any atom is 0.331 e. The highest BCUT2D eigenvalue weighted by atomic mass is 32.2. The number of aromatic nitrogens is 2.